The molecule has 29 heavy (non-hydrogen) atoms. The monoisotopic (exact) mass is 409 g/mol. The minimum absolute atomic E-state index is 0.00286. The maximum atomic E-state index is 12.8. The number of anilines is 2. The highest BCUT2D eigenvalue weighted by atomic mass is 35.5. The number of halogens is 1. The van der Waals surface area contributed by atoms with Crippen LogP contribution in [0.25, 0.3) is 0 Å². The first kappa shape index (κ1) is 19.2. The molecule has 1 saturated heterocycles. The third kappa shape index (κ3) is 3.76. The first-order chi connectivity index (χ1) is 14.1. The van der Waals surface area contributed by atoms with Gasteiger partial charge in [0.05, 0.1) is 5.69 Å². The van der Waals surface area contributed by atoms with Crippen molar-refractivity contribution in [3.05, 3.63) is 70.9 Å². The zero-order chi connectivity index (χ0) is 20.4. The summed E-state index contributed by atoms with van der Waals surface area (Å²) in [6, 6.07) is 15.5. The summed E-state index contributed by atoms with van der Waals surface area (Å²) in [6.07, 6.45) is 3.17. The zero-order valence-electron chi connectivity index (χ0n) is 15.7. The lowest BCUT2D eigenvalue weighted by molar-refractivity contribution is -0.120. The third-order valence-corrected chi connectivity index (χ3v) is 5.41. The van der Waals surface area contributed by atoms with Gasteiger partial charge in [-0.25, -0.2) is 4.90 Å². The molecule has 0 spiro atoms. The Kier molecular flexibility index (Phi) is 5.36. The second-order valence-corrected chi connectivity index (χ2v) is 7.41. The summed E-state index contributed by atoms with van der Waals surface area (Å²) in [4.78, 5) is 41.0. The Balaban J connectivity index is 1.55. The van der Waals surface area contributed by atoms with Gasteiger partial charge < -0.3 is 10.2 Å². The minimum Gasteiger partial charge on any atom is -0.350 e. The molecule has 0 saturated carbocycles. The van der Waals surface area contributed by atoms with Gasteiger partial charge in [0, 0.05) is 24.3 Å². The molecular formula is C22H20ClN3O3. The number of hydrogen-bond acceptors (Lipinski definition) is 4. The summed E-state index contributed by atoms with van der Waals surface area (Å²) < 4.78 is 0. The molecule has 2 aromatic rings. The summed E-state index contributed by atoms with van der Waals surface area (Å²) >= 11 is 6.17. The van der Waals surface area contributed by atoms with Crippen molar-refractivity contribution in [1.29, 1.82) is 0 Å². The molecule has 1 N–H and O–H groups in total. The largest absolute Gasteiger partial charge is 0.350 e. The van der Waals surface area contributed by atoms with Crippen LogP contribution in [-0.2, 0) is 9.59 Å². The average molecular weight is 410 g/mol. The number of para-hydroxylation sites is 1. The van der Waals surface area contributed by atoms with E-state index in [1.54, 1.807) is 54.6 Å². The normalized spacial score (nSPS) is 17.1. The number of imide groups is 1. The molecule has 0 unspecified atom stereocenters. The van der Waals surface area contributed by atoms with E-state index in [4.69, 9.17) is 11.6 Å². The molecule has 2 aliphatic rings. The molecule has 0 aromatic heterocycles. The Morgan fingerprint density at radius 3 is 2.34 bits per heavy atom. The molecule has 1 fully saturated rings. The Hall–Kier alpha value is -3.12. The number of nitrogens with one attached hydrogen (secondary N) is 1. The highest BCUT2D eigenvalue weighted by Crippen LogP contribution is 2.30. The van der Waals surface area contributed by atoms with Crippen molar-refractivity contribution in [1.82, 2.24) is 4.90 Å². The molecule has 2 aliphatic heterocycles. The molecule has 0 bridgehead atoms. The van der Waals surface area contributed by atoms with Crippen LogP contribution >= 0.6 is 11.6 Å². The van der Waals surface area contributed by atoms with Crippen molar-refractivity contribution in [2.24, 2.45) is 0 Å². The van der Waals surface area contributed by atoms with E-state index in [0.717, 1.165) is 37.3 Å². The number of nitrogens with zero attached hydrogens (tertiary/aromatic N) is 2. The van der Waals surface area contributed by atoms with E-state index >= 15 is 0 Å². The number of carbonyl (C=O) groups excluding carboxylic acids is 3. The van der Waals surface area contributed by atoms with E-state index in [-0.39, 0.29) is 16.6 Å². The van der Waals surface area contributed by atoms with Gasteiger partial charge in [0.2, 0.25) is 0 Å². The van der Waals surface area contributed by atoms with Crippen molar-refractivity contribution in [3.63, 3.8) is 0 Å². The summed E-state index contributed by atoms with van der Waals surface area (Å²) in [6.45, 7) is 1.51. The Bertz CT molecular complexity index is 997. The van der Waals surface area contributed by atoms with Gasteiger partial charge in [0.25, 0.3) is 17.7 Å². The van der Waals surface area contributed by atoms with Crippen LogP contribution in [0, 0.1) is 0 Å². The zero-order valence-corrected chi connectivity index (χ0v) is 16.5. The molecule has 3 amide bonds. The van der Waals surface area contributed by atoms with Crippen molar-refractivity contribution >= 4 is 40.7 Å². The lowest BCUT2D eigenvalue weighted by Crippen LogP contribution is -2.35. The predicted octanol–water partition coefficient (Wildman–Crippen LogP) is 3.75. The SMILES string of the molecule is O=C(c1cccc(NC2=C(Cl)C(=O)N(c3ccccc3)C2=O)c1)N1CCCCC1. The molecule has 2 heterocycles. The molecule has 4 rings (SSSR count). The third-order valence-electron chi connectivity index (χ3n) is 5.06. The Morgan fingerprint density at radius 1 is 0.897 bits per heavy atom. The van der Waals surface area contributed by atoms with Crippen molar-refractivity contribution in [2.75, 3.05) is 23.3 Å². The molecular weight excluding hydrogens is 390 g/mol. The molecule has 7 heteroatoms. The summed E-state index contributed by atoms with van der Waals surface area (Å²) in [5, 5.41) is 2.76. The van der Waals surface area contributed by atoms with Crippen LogP contribution in [0.4, 0.5) is 11.4 Å². The maximum Gasteiger partial charge on any atom is 0.283 e. The molecule has 0 atom stereocenters. The van der Waals surface area contributed by atoms with Gasteiger partial charge in [-0.2, -0.15) is 0 Å². The van der Waals surface area contributed by atoms with Gasteiger partial charge >= 0.3 is 0 Å². The van der Waals surface area contributed by atoms with Crippen molar-refractivity contribution in [2.45, 2.75) is 19.3 Å². The van der Waals surface area contributed by atoms with E-state index < -0.39 is 11.8 Å². The maximum absolute atomic E-state index is 12.8. The van der Waals surface area contributed by atoms with Crippen molar-refractivity contribution < 1.29 is 14.4 Å². The molecule has 6 nitrogen and oxygen atoms in total. The minimum atomic E-state index is -0.578. The standard InChI is InChI=1S/C22H20ClN3O3/c23-18-19(22(29)26(21(18)28)17-10-3-1-4-11-17)24-16-9-7-8-15(14-16)20(27)25-12-5-2-6-13-25/h1,3-4,7-11,14,24H,2,5-6,12-13H2. The number of rotatable bonds is 4. The Labute approximate surface area is 173 Å². The van der Waals surface area contributed by atoms with E-state index in [0.29, 0.717) is 16.9 Å². The van der Waals surface area contributed by atoms with Crippen LogP contribution in [0.1, 0.15) is 29.6 Å². The second kappa shape index (κ2) is 8.09. The van der Waals surface area contributed by atoms with Gasteiger partial charge in [0.1, 0.15) is 10.7 Å². The quantitative estimate of drug-likeness (QED) is 0.781. The number of likely N-dealkylation sites (tertiary alicyclic amines) is 1. The van der Waals surface area contributed by atoms with E-state index in [1.807, 2.05) is 4.90 Å². The predicted molar refractivity (Wildman–Crippen MR) is 112 cm³/mol. The highest BCUT2D eigenvalue weighted by Gasteiger charge is 2.38. The van der Waals surface area contributed by atoms with Gasteiger partial charge in [-0.15, -0.1) is 0 Å². The van der Waals surface area contributed by atoms with Gasteiger partial charge in [-0.1, -0.05) is 35.9 Å². The summed E-state index contributed by atoms with van der Waals surface area (Å²) in [5.74, 6) is -1.14. The van der Waals surface area contributed by atoms with E-state index in [1.165, 1.54) is 0 Å². The Morgan fingerprint density at radius 2 is 1.62 bits per heavy atom. The molecule has 0 radical (unpaired) electrons. The highest BCUT2D eigenvalue weighted by molar-refractivity contribution is 6.53. The first-order valence-electron chi connectivity index (χ1n) is 9.56. The number of carbonyl (C=O) groups is 3. The first-order valence-corrected chi connectivity index (χ1v) is 9.94. The fourth-order valence-electron chi connectivity index (χ4n) is 3.58. The summed E-state index contributed by atoms with van der Waals surface area (Å²) in [5.41, 5.74) is 1.51. The van der Waals surface area contributed by atoms with Crippen LogP contribution in [0.2, 0.25) is 0 Å². The van der Waals surface area contributed by atoms with Crippen molar-refractivity contribution in [3.8, 4) is 0 Å². The van der Waals surface area contributed by atoms with Gasteiger partial charge in [-0.05, 0) is 49.6 Å². The van der Waals surface area contributed by atoms with Gasteiger partial charge in [-0.3, -0.25) is 14.4 Å². The van der Waals surface area contributed by atoms with Crippen LogP contribution in [0.5, 0.6) is 0 Å². The lowest BCUT2D eigenvalue weighted by atomic mass is 10.1. The number of piperidine rings is 1. The molecule has 148 valence electrons. The lowest BCUT2D eigenvalue weighted by Gasteiger charge is -2.26. The number of amides is 3. The smallest absolute Gasteiger partial charge is 0.283 e. The van der Waals surface area contributed by atoms with Crippen LogP contribution in [0.3, 0.4) is 0 Å². The molecule has 2 aromatic carbocycles. The van der Waals surface area contributed by atoms with E-state index in [2.05, 4.69) is 5.32 Å². The second-order valence-electron chi connectivity index (χ2n) is 7.03. The summed E-state index contributed by atoms with van der Waals surface area (Å²) in [7, 11) is 0. The van der Waals surface area contributed by atoms with Crippen LogP contribution in [-0.4, -0.2) is 35.7 Å². The van der Waals surface area contributed by atoms with E-state index in [9.17, 15) is 14.4 Å². The fraction of sp³-hybridized carbons (Fsp3) is 0.227. The number of hydrogen-bond donors (Lipinski definition) is 1. The van der Waals surface area contributed by atoms with Crippen LogP contribution in [0.15, 0.2) is 65.3 Å². The van der Waals surface area contributed by atoms with Crippen LogP contribution < -0.4 is 10.2 Å². The van der Waals surface area contributed by atoms with Gasteiger partial charge in [0.15, 0.2) is 0 Å². The fourth-order valence-corrected chi connectivity index (χ4v) is 3.79. The average Bonchev–Trinajstić information content (AvgIpc) is 2.98. The number of benzene rings is 2. The topological polar surface area (TPSA) is 69.7 Å². The molecule has 0 aliphatic carbocycles.